The molecule has 0 aliphatic rings. The molecule has 10 nitrogen and oxygen atoms in total. The van der Waals surface area contributed by atoms with Gasteiger partial charge in [-0.1, -0.05) is 0 Å². The molecule has 0 aromatic rings. The molecule has 0 N–H and O–H groups in total. The summed E-state index contributed by atoms with van der Waals surface area (Å²) in [5.41, 5.74) is 0. The van der Waals surface area contributed by atoms with Crippen LogP contribution in [-0.2, 0) is 87.5 Å². The van der Waals surface area contributed by atoms with E-state index in [1.165, 1.54) is 0 Å². The zero-order valence-corrected chi connectivity index (χ0v) is 28.9. The van der Waals surface area contributed by atoms with Crippen molar-refractivity contribution >= 4 is 189 Å². The molecule has 0 spiro atoms. The van der Waals surface area contributed by atoms with Crippen LogP contribution in [0.4, 0.5) is 0 Å². The van der Waals surface area contributed by atoms with E-state index < -0.39 is 37.2 Å². The summed E-state index contributed by atoms with van der Waals surface area (Å²) in [5, 5.41) is 0. The van der Waals surface area contributed by atoms with E-state index in [2.05, 4.69) is 0 Å². The van der Waals surface area contributed by atoms with Crippen LogP contribution in [0.5, 0.6) is 0 Å². The van der Waals surface area contributed by atoms with Crippen molar-refractivity contribution in [2.75, 3.05) is 0 Å². The SMILES string of the molecule is [Ba+2].[Ba+2].[O-2].[O-2].[O-2].[O-2].[O]=[Ti]([O-])[O-].[O]=[Ti]([O-])[O-].[Sr+2].[Sr+2].[Ti+4]. The molecular formula is Ba2O10Sr2Ti3. The van der Waals surface area contributed by atoms with E-state index in [1.807, 2.05) is 0 Å². The molecule has 17 heavy (non-hydrogen) atoms. The quantitative estimate of drug-likeness (QED) is 0.218. The van der Waals surface area contributed by atoms with Crippen molar-refractivity contribution in [1.82, 2.24) is 0 Å². The van der Waals surface area contributed by atoms with Gasteiger partial charge in [0, 0.05) is 0 Å². The molecule has 0 unspecified atom stereocenters. The second-order valence-electron chi connectivity index (χ2n) is 0.500. The van der Waals surface area contributed by atoms with Crippen LogP contribution < -0.4 is 14.8 Å². The van der Waals surface area contributed by atoms with Gasteiger partial charge in [-0.05, 0) is 0 Å². The standard InChI is InChI=1S/2Ba.10O.2Sr.3Ti/q2*+2;;;4*-2;4*-1;2*+2;;;+4. The molecule has 0 atom stereocenters. The molecule has 0 aliphatic heterocycles. The fourth-order valence-electron chi connectivity index (χ4n) is 0. The summed E-state index contributed by atoms with van der Waals surface area (Å²) < 4.78 is 51.5. The van der Waals surface area contributed by atoms with Gasteiger partial charge in [0.05, 0.1) is 0 Å². The van der Waals surface area contributed by atoms with Gasteiger partial charge in [0.1, 0.15) is 0 Å². The van der Waals surface area contributed by atoms with E-state index in [4.69, 9.17) is 21.4 Å². The first-order valence-corrected chi connectivity index (χ1v) is 5.05. The van der Waals surface area contributed by atoms with Gasteiger partial charge in [0.2, 0.25) is 0 Å². The summed E-state index contributed by atoms with van der Waals surface area (Å²) in [4.78, 5) is 0. The first-order chi connectivity index (χ1) is 3.46. The fourth-order valence-corrected chi connectivity index (χ4v) is 0. The Labute approximate surface area is 281 Å². The Balaban J connectivity index is -0.00000000308. The number of rotatable bonds is 0. The summed E-state index contributed by atoms with van der Waals surface area (Å²) in [5.74, 6) is 0. The van der Waals surface area contributed by atoms with E-state index in [-0.39, 0.29) is 232 Å². The molecule has 0 bridgehead atoms. The maximum Gasteiger partial charge on any atom is 4.00 e. The molecule has 0 radical (unpaired) electrons. The van der Waals surface area contributed by atoms with E-state index in [0.717, 1.165) is 0 Å². The Bertz CT molecular complexity index is 85.6. The largest absolute Gasteiger partial charge is 4.00 e. The zero-order valence-electron chi connectivity index (χ0n) is 8.41. The van der Waals surface area contributed by atoms with Gasteiger partial charge in [-0.3, -0.25) is 0 Å². The third kappa shape index (κ3) is 192. The van der Waals surface area contributed by atoms with Gasteiger partial charge in [-0.25, -0.2) is 0 Å². The monoisotopic (exact) mass is 755 g/mol. The van der Waals surface area contributed by atoms with E-state index in [0.29, 0.717) is 0 Å². The van der Waals surface area contributed by atoms with Gasteiger partial charge in [-0.15, -0.1) is 0 Å². The second-order valence-corrected chi connectivity index (χ2v) is 2.06. The van der Waals surface area contributed by atoms with Gasteiger partial charge in [-0.2, -0.15) is 0 Å². The van der Waals surface area contributed by atoms with Crippen molar-refractivity contribution in [3.63, 3.8) is 0 Å². The molecule has 80 valence electrons. The Morgan fingerprint density at radius 1 is 0.588 bits per heavy atom. The van der Waals surface area contributed by atoms with E-state index in [9.17, 15) is 0 Å². The molecule has 0 aliphatic carbocycles. The van der Waals surface area contributed by atoms with Gasteiger partial charge in [0.25, 0.3) is 0 Å². The molecule has 0 saturated heterocycles. The summed E-state index contributed by atoms with van der Waals surface area (Å²) in [6.45, 7) is 0. The molecule has 0 heterocycles. The first kappa shape index (κ1) is 74.2. The third-order valence-corrected chi connectivity index (χ3v) is 0. The van der Waals surface area contributed by atoms with Crippen molar-refractivity contribution in [2.45, 2.75) is 0 Å². The maximum atomic E-state index is 8.58. The van der Waals surface area contributed by atoms with Crippen LogP contribution in [0.25, 0.3) is 0 Å². The molecule has 0 amide bonds. The van der Waals surface area contributed by atoms with Crippen LogP contribution in [0.1, 0.15) is 0 Å². The fraction of sp³-hybridized carbons (Fsp3) is 0. The molecule has 0 fully saturated rings. The van der Waals surface area contributed by atoms with E-state index >= 15 is 0 Å². The van der Waals surface area contributed by atoms with Gasteiger partial charge < -0.3 is 21.9 Å². The molecule has 17 heteroatoms. The number of hydrogen-bond donors (Lipinski definition) is 0. The molecule has 0 rings (SSSR count). The van der Waals surface area contributed by atoms with Crippen LogP contribution in [-0.4, -0.2) is 189 Å². The minimum absolute atomic E-state index is 0. The van der Waals surface area contributed by atoms with Crippen LogP contribution >= 0.6 is 0 Å². The number of hydrogen-bond acceptors (Lipinski definition) is 6. The Morgan fingerprint density at radius 2 is 0.588 bits per heavy atom. The first-order valence-electron chi connectivity index (χ1n) is 1.22. The van der Waals surface area contributed by atoms with Crippen molar-refractivity contribution in [3.8, 4) is 0 Å². The summed E-state index contributed by atoms with van der Waals surface area (Å²) in [7, 11) is 0. The van der Waals surface area contributed by atoms with Crippen LogP contribution in [0.3, 0.4) is 0 Å². The summed E-state index contributed by atoms with van der Waals surface area (Å²) in [6, 6.07) is 0. The second kappa shape index (κ2) is 65.2. The Hall–Kier alpha value is 7.53. The van der Waals surface area contributed by atoms with Crippen LogP contribution in [0, 0.1) is 0 Å². The normalized spacial score (nSPS) is 3.06. The average molecular weight is 753 g/mol. The van der Waals surface area contributed by atoms with Gasteiger partial charge in [0.15, 0.2) is 0 Å². The van der Waals surface area contributed by atoms with Crippen molar-refractivity contribution < 1.29 is 102 Å². The minimum atomic E-state index is -4.08. The summed E-state index contributed by atoms with van der Waals surface area (Å²) in [6.07, 6.45) is 0. The predicted octanol–water partition coefficient (Wildman–Crippen LogP) is -7.00. The van der Waals surface area contributed by atoms with Crippen LogP contribution in [0.2, 0.25) is 0 Å². The van der Waals surface area contributed by atoms with Crippen molar-refractivity contribution in [3.05, 3.63) is 0 Å². The molecular weight excluding hydrogens is 753 g/mol. The van der Waals surface area contributed by atoms with Crippen molar-refractivity contribution in [2.24, 2.45) is 0 Å². The zero-order chi connectivity index (χ0) is 7.15. The predicted molar refractivity (Wildman–Crippen MR) is 27.1 cm³/mol. The topological polar surface area (TPSA) is 240 Å². The summed E-state index contributed by atoms with van der Waals surface area (Å²) >= 11 is -8.17. The minimum Gasteiger partial charge on any atom is 2.00 e. The third-order valence-electron chi connectivity index (χ3n) is 0. The van der Waals surface area contributed by atoms with E-state index in [1.54, 1.807) is 0 Å². The smallest absolute Gasteiger partial charge is 2.00 e. The Kier molecular flexibility index (Phi) is 285. The van der Waals surface area contributed by atoms with Gasteiger partial charge >= 0.3 is 269 Å². The Morgan fingerprint density at radius 3 is 0.588 bits per heavy atom. The molecule has 0 aromatic heterocycles. The molecule has 0 saturated carbocycles. The van der Waals surface area contributed by atoms with Crippen LogP contribution in [0.15, 0.2) is 0 Å². The average Bonchev–Trinajstić information content (AvgIpc) is 1.25. The maximum absolute atomic E-state index is 8.58. The van der Waals surface area contributed by atoms with Crippen molar-refractivity contribution in [1.29, 1.82) is 0 Å². The molecule has 0 aromatic carbocycles.